The lowest BCUT2D eigenvalue weighted by Crippen LogP contribution is -2.36. The van der Waals surface area contributed by atoms with Gasteiger partial charge in [-0.05, 0) is 23.1 Å². The monoisotopic (exact) mass is 254 g/mol. The Balaban J connectivity index is 1.87. The summed E-state index contributed by atoms with van der Waals surface area (Å²) in [6.45, 7) is 3.93. The molecule has 1 aliphatic carbocycles. The van der Waals surface area contributed by atoms with Gasteiger partial charge in [-0.25, -0.2) is 0 Å². The summed E-state index contributed by atoms with van der Waals surface area (Å²) in [4.78, 5) is 25.8. The summed E-state index contributed by atoms with van der Waals surface area (Å²) < 4.78 is 0. The summed E-state index contributed by atoms with van der Waals surface area (Å²) in [6, 6.07) is 9.11. The Labute approximate surface area is 111 Å². The zero-order chi connectivity index (χ0) is 13.8. The first-order chi connectivity index (χ1) is 8.98. The van der Waals surface area contributed by atoms with Gasteiger partial charge >= 0.3 is 0 Å². The van der Waals surface area contributed by atoms with E-state index in [9.17, 15) is 9.59 Å². The molecule has 2 fully saturated rings. The molecular formula is C15H14N2O2. The van der Waals surface area contributed by atoms with Crippen LogP contribution in [0, 0.1) is 28.6 Å². The molecule has 4 heteroatoms. The lowest BCUT2D eigenvalue weighted by atomic mass is 10.0. The average Bonchev–Trinajstić information content (AvgIpc) is 2.82. The Morgan fingerprint density at radius 3 is 2.16 bits per heavy atom. The molecule has 2 aliphatic rings. The fraction of sp³-hybridized carbons (Fsp3) is 0.400. The zero-order valence-electron chi connectivity index (χ0n) is 10.9. The van der Waals surface area contributed by atoms with Gasteiger partial charge in [0.05, 0.1) is 30.0 Å². The number of fused-ring (bicyclic) bond motifs is 1. The minimum atomic E-state index is -0.175. The van der Waals surface area contributed by atoms with Gasteiger partial charge in [0.15, 0.2) is 0 Å². The second-order valence-corrected chi connectivity index (χ2v) is 5.79. The highest BCUT2D eigenvalue weighted by atomic mass is 16.2. The normalized spacial score (nSPS) is 27.1. The van der Waals surface area contributed by atoms with E-state index >= 15 is 0 Å². The number of rotatable bonds is 2. The van der Waals surface area contributed by atoms with Gasteiger partial charge in [0.25, 0.3) is 0 Å². The molecule has 0 aromatic heterocycles. The number of nitriles is 1. The van der Waals surface area contributed by atoms with E-state index in [1.54, 1.807) is 24.3 Å². The van der Waals surface area contributed by atoms with Crippen molar-refractivity contribution in [3.8, 4) is 6.07 Å². The molecule has 1 aromatic rings. The summed E-state index contributed by atoms with van der Waals surface area (Å²) in [5.41, 5.74) is 1.32. The van der Waals surface area contributed by atoms with Gasteiger partial charge in [0, 0.05) is 0 Å². The van der Waals surface area contributed by atoms with Crippen molar-refractivity contribution in [2.75, 3.05) is 4.90 Å². The van der Waals surface area contributed by atoms with Crippen molar-refractivity contribution in [1.82, 2.24) is 0 Å². The molecule has 2 amide bonds. The standard InChI is InChI=1S/C15H14N2O2/c1-15(2)11-12(15)14(19)17(13(11)18)10-5-3-9(4-6-10)7-8-16/h3-6,11-12H,7H2,1-2H3. The van der Waals surface area contributed by atoms with E-state index in [1.807, 2.05) is 13.8 Å². The van der Waals surface area contributed by atoms with Gasteiger partial charge in [-0.2, -0.15) is 5.26 Å². The van der Waals surface area contributed by atoms with Crippen molar-refractivity contribution in [1.29, 1.82) is 5.26 Å². The highest BCUT2D eigenvalue weighted by molar-refractivity contribution is 6.25. The number of nitrogens with zero attached hydrogens (tertiary/aromatic N) is 2. The molecule has 0 N–H and O–H groups in total. The molecule has 1 saturated heterocycles. The topological polar surface area (TPSA) is 61.2 Å². The van der Waals surface area contributed by atoms with E-state index in [0.717, 1.165) is 5.56 Å². The summed E-state index contributed by atoms with van der Waals surface area (Å²) in [7, 11) is 0. The summed E-state index contributed by atoms with van der Waals surface area (Å²) >= 11 is 0. The van der Waals surface area contributed by atoms with Crippen molar-refractivity contribution < 1.29 is 9.59 Å². The van der Waals surface area contributed by atoms with Crippen LogP contribution in [0.4, 0.5) is 5.69 Å². The third-order valence-corrected chi connectivity index (χ3v) is 4.28. The van der Waals surface area contributed by atoms with Crippen molar-refractivity contribution in [3.63, 3.8) is 0 Å². The van der Waals surface area contributed by atoms with Crippen LogP contribution >= 0.6 is 0 Å². The van der Waals surface area contributed by atoms with E-state index in [1.165, 1.54) is 4.90 Å². The third kappa shape index (κ3) is 1.51. The van der Waals surface area contributed by atoms with Gasteiger partial charge in [0.1, 0.15) is 0 Å². The maximum absolute atomic E-state index is 12.2. The third-order valence-electron chi connectivity index (χ3n) is 4.28. The molecule has 0 radical (unpaired) electrons. The van der Waals surface area contributed by atoms with Crippen LogP contribution in [0.3, 0.4) is 0 Å². The molecule has 2 unspecified atom stereocenters. The minimum absolute atomic E-state index is 0.0898. The first-order valence-corrected chi connectivity index (χ1v) is 6.32. The van der Waals surface area contributed by atoms with E-state index in [4.69, 9.17) is 5.26 Å². The van der Waals surface area contributed by atoms with Crippen molar-refractivity contribution >= 4 is 17.5 Å². The lowest BCUT2D eigenvalue weighted by molar-refractivity contribution is -0.125. The smallest absolute Gasteiger partial charge is 0.238 e. The molecule has 1 heterocycles. The molecular weight excluding hydrogens is 240 g/mol. The Bertz CT molecular complexity index is 586. The number of benzene rings is 1. The number of hydrogen-bond donors (Lipinski definition) is 0. The minimum Gasteiger partial charge on any atom is -0.274 e. The Hall–Kier alpha value is -2.15. The van der Waals surface area contributed by atoms with Crippen LogP contribution in [0.2, 0.25) is 0 Å². The SMILES string of the molecule is CC1(C)C2C(=O)N(c3ccc(CC#N)cc3)C(=O)C21. The van der Waals surface area contributed by atoms with Crippen molar-refractivity contribution in [2.24, 2.45) is 17.3 Å². The summed E-state index contributed by atoms with van der Waals surface area (Å²) in [5.74, 6) is -0.487. The molecule has 1 saturated carbocycles. The van der Waals surface area contributed by atoms with Crippen LogP contribution in [0.1, 0.15) is 19.4 Å². The Morgan fingerprint density at radius 2 is 1.68 bits per heavy atom. The van der Waals surface area contributed by atoms with Crippen LogP contribution in [0.25, 0.3) is 0 Å². The first kappa shape index (κ1) is 11.9. The molecule has 4 nitrogen and oxygen atoms in total. The second kappa shape index (κ2) is 3.67. The maximum atomic E-state index is 12.2. The van der Waals surface area contributed by atoms with Crippen LogP contribution in [0.5, 0.6) is 0 Å². The highest BCUT2D eigenvalue weighted by Gasteiger charge is 2.72. The molecule has 2 atom stereocenters. The molecule has 1 aliphatic heterocycles. The van der Waals surface area contributed by atoms with E-state index < -0.39 is 0 Å². The molecule has 96 valence electrons. The average molecular weight is 254 g/mol. The molecule has 1 aromatic carbocycles. The van der Waals surface area contributed by atoms with Crippen LogP contribution in [-0.2, 0) is 16.0 Å². The zero-order valence-corrected chi connectivity index (χ0v) is 10.9. The number of carbonyl (C=O) groups excluding carboxylic acids is 2. The van der Waals surface area contributed by atoms with Gasteiger partial charge in [-0.1, -0.05) is 26.0 Å². The van der Waals surface area contributed by atoms with Gasteiger partial charge in [0.2, 0.25) is 11.8 Å². The number of piperidine rings is 1. The number of hydrogen-bond acceptors (Lipinski definition) is 3. The van der Waals surface area contributed by atoms with Gasteiger partial charge < -0.3 is 0 Å². The van der Waals surface area contributed by atoms with Gasteiger partial charge in [-0.3, -0.25) is 14.5 Å². The van der Waals surface area contributed by atoms with Crippen molar-refractivity contribution in [3.05, 3.63) is 29.8 Å². The summed E-state index contributed by atoms with van der Waals surface area (Å²) in [6.07, 6.45) is 0.334. The largest absolute Gasteiger partial charge is 0.274 e. The molecule has 0 spiro atoms. The predicted octanol–water partition coefficient (Wildman–Crippen LogP) is 1.90. The quantitative estimate of drug-likeness (QED) is 0.757. The second-order valence-electron chi connectivity index (χ2n) is 5.79. The van der Waals surface area contributed by atoms with Crippen LogP contribution in [-0.4, -0.2) is 11.8 Å². The maximum Gasteiger partial charge on any atom is 0.238 e. The Kier molecular flexibility index (Phi) is 2.30. The lowest BCUT2D eigenvalue weighted by Gasteiger charge is -2.20. The fourth-order valence-electron chi connectivity index (χ4n) is 3.05. The summed E-state index contributed by atoms with van der Waals surface area (Å²) in [5, 5.41) is 8.61. The first-order valence-electron chi connectivity index (χ1n) is 6.32. The molecule has 19 heavy (non-hydrogen) atoms. The number of carbonyl (C=O) groups is 2. The van der Waals surface area contributed by atoms with E-state index in [0.29, 0.717) is 12.1 Å². The predicted molar refractivity (Wildman–Crippen MR) is 69.0 cm³/mol. The number of amides is 2. The van der Waals surface area contributed by atoms with Gasteiger partial charge in [-0.15, -0.1) is 0 Å². The number of anilines is 1. The van der Waals surface area contributed by atoms with Crippen LogP contribution < -0.4 is 4.90 Å². The number of imide groups is 1. The Morgan fingerprint density at radius 1 is 1.16 bits per heavy atom. The van der Waals surface area contributed by atoms with E-state index in [-0.39, 0.29) is 29.1 Å². The highest BCUT2D eigenvalue weighted by Crippen LogP contribution is 2.63. The fourth-order valence-corrected chi connectivity index (χ4v) is 3.05. The van der Waals surface area contributed by atoms with Crippen LogP contribution in [0.15, 0.2) is 24.3 Å². The molecule has 3 rings (SSSR count). The van der Waals surface area contributed by atoms with Crippen molar-refractivity contribution in [2.45, 2.75) is 20.3 Å². The molecule has 0 bridgehead atoms. The van der Waals surface area contributed by atoms with E-state index in [2.05, 4.69) is 6.07 Å².